The first-order valence-corrected chi connectivity index (χ1v) is 10.5. The maximum Gasteiger partial charge on any atom is 0.414 e. The number of nitrogen functional groups attached to an aromatic ring is 1. The monoisotopic (exact) mass is 474 g/mol. The van der Waals surface area contributed by atoms with Crippen LogP contribution in [0.5, 0.6) is 0 Å². The van der Waals surface area contributed by atoms with E-state index in [2.05, 4.69) is 0 Å². The third-order valence-corrected chi connectivity index (χ3v) is 4.06. The normalized spacial score (nSPS) is 10.9. The molecule has 0 spiro atoms. The van der Waals surface area contributed by atoms with E-state index in [9.17, 15) is 19.7 Å². The fraction of sp³-hybridized carbons (Fsp3) is 0.417. The molecule has 34 heavy (non-hydrogen) atoms. The summed E-state index contributed by atoms with van der Waals surface area (Å²) in [5.74, 6) is 0. The molecule has 0 aliphatic carbocycles. The fourth-order valence-electron chi connectivity index (χ4n) is 2.37. The molecule has 0 saturated carbocycles. The lowest BCUT2D eigenvalue weighted by Crippen LogP contribution is -2.34. The van der Waals surface area contributed by atoms with Gasteiger partial charge in [-0.1, -0.05) is 0 Å². The number of benzene rings is 2. The number of non-ortho nitro benzene ring substituents is 1. The number of nitro groups is 1. The van der Waals surface area contributed by atoms with Crippen LogP contribution in [-0.4, -0.2) is 42.4 Å². The molecule has 186 valence electrons. The van der Waals surface area contributed by atoms with E-state index in [0.29, 0.717) is 11.4 Å². The third-order valence-electron chi connectivity index (χ3n) is 4.06. The number of anilines is 3. The average Bonchev–Trinajstić information content (AvgIpc) is 2.71. The quantitative estimate of drug-likeness (QED) is 0.348. The molecule has 0 aliphatic heterocycles. The van der Waals surface area contributed by atoms with Crippen LogP contribution >= 0.6 is 0 Å². The van der Waals surface area contributed by atoms with Crippen LogP contribution in [-0.2, 0) is 9.47 Å². The van der Waals surface area contributed by atoms with Crippen molar-refractivity contribution in [3.63, 3.8) is 0 Å². The van der Waals surface area contributed by atoms with Crippen LogP contribution in [0, 0.1) is 10.1 Å². The van der Waals surface area contributed by atoms with Gasteiger partial charge >= 0.3 is 12.2 Å². The third kappa shape index (κ3) is 9.76. The van der Waals surface area contributed by atoms with Gasteiger partial charge in [0.15, 0.2) is 0 Å². The van der Waals surface area contributed by atoms with Gasteiger partial charge in [0.2, 0.25) is 0 Å². The Bertz CT molecular complexity index is 977. The minimum Gasteiger partial charge on any atom is -0.443 e. The van der Waals surface area contributed by atoms with Crippen molar-refractivity contribution in [1.82, 2.24) is 0 Å². The number of hydrogen-bond donors (Lipinski definition) is 1. The van der Waals surface area contributed by atoms with E-state index in [1.165, 1.54) is 34.1 Å². The van der Waals surface area contributed by atoms with Crippen LogP contribution in [0.4, 0.5) is 32.3 Å². The Labute approximate surface area is 200 Å². The van der Waals surface area contributed by atoms with Crippen molar-refractivity contribution in [3.8, 4) is 0 Å². The zero-order valence-electron chi connectivity index (χ0n) is 21.0. The van der Waals surface area contributed by atoms with Crippen LogP contribution in [0.25, 0.3) is 0 Å². The van der Waals surface area contributed by atoms with Gasteiger partial charge in [0, 0.05) is 43.3 Å². The van der Waals surface area contributed by atoms with E-state index in [-0.39, 0.29) is 11.8 Å². The van der Waals surface area contributed by atoms with Crippen molar-refractivity contribution in [2.75, 3.05) is 29.6 Å². The second-order valence-corrected chi connectivity index (χ2v) is 9.44. The summed E-state index contributed by atoms with van der Waals surface area (Å²) in [4.78, 5) is 36.2. The van der Waals surface area contributed by atoms with Crippen molar-refractivity contribution < 1.29 is 24.0 Å². The highest BCUT2D eigenvalue weighted by Crippen LogP contribution is 2.20. The van der Waals surface area contributed by atoms with Crippen molar-refractivity contribution in [2.45, 2.75) is 52.7 Å². The number of carbonyl (C=O) groups is 2. The van der Waals surface area contributed by atoms with Gasteiger partial charge in [0.05, 0.1) is 4.92 Å². The summed E-state index contributed by atoms with van der Waals surface area (Å²) in [6, 6.07) is 12.7. The highest BCUT2D eigenvalue weighted by molar-refractivity contribution is 5.88. The molecule has 0 fully saturated rings. The summed E-state index contributed by atoms with van der Waals surface area (Å²) >= 11 is 0. The van der Waals surface area contributed by atoms with Gasteiger partial charge in [-0.3, -0.25) is 19.9 Å². The summed E-state index contributed by atoms with van der Waals surface area (Å²) in [5, 5.41) is 10.5. The molecular weight excluding hydrogens is 440 g/mol. The molecule has 2 aromatic rings. The van der Waals surface area contributed by atoms with E-state index in [0.717, 1.165) is 5.69 Å². The predicted molar refractivity (Wildman–Crippen MR) is 133 cm³/mol. The topological polar surface area (TPSA) is 128 Å². The Morgan fingerprint density at radius 2 is 1.09 bits per heavy atom. The number of hydrogen-bond acceptors (Lipinski definition) is 7. The van der Waals surface area contributed by atoms with Gasteiger partial charge in [0.25, 0.3) is 5.69 Å². The van der Waals surface area contributed by atoms with E-state index < -0.39 is 22.2 Å². The predicted octanol–water partition coefficient (Wildman–Crippen LogP) is 5.61. The van der Waals surface area contributed by atoms with Crippen LogP contribution in [0.2, 0.25) is 0 Å². The van der Waals surface area contributed by atoms with Gasteiger partial charge in [0.1, 0.15) is 11.2 Å². The molecule has 0 saturated heterocycles. The molecule has 2 N–H and O–H groups in total. The molecule has 2 amide bonds. The maximum absolute atomic E-state index is 11.7. The minimum absolute atomic E-state index is 0.0173. The summed E-state index contributed by atoms with van der Waals surface area (Å²) in [6.07, 6.45) is -0.881. The lowest BCUT2D eigenvalue weighted by atomic mass is 10.2. The minimum atomic E-state index is -0.577. The number of carbonyl (C=O) groups excluding carboxylic acids is 2. The molecule has 0 unspecified atom stereocenters. The smallest absolute Gasteiger partial charge is 0.414 e. The van der Waals surface area contributed by atoms with Crippen molar-refractivity contribution >= 4 is 34.9 Å². The number of nitrogens with zero attached hydrogens (tertiary/aromatic N) is 3. The largest absolute Gasteiger partial charge is 0.443 e. The van der Waals surface area contributed by atoms with Crippen molar-refractivity contribution in [3.05, 3.63) is 58.6 Å². The Hall–Kier alpha value is -3.82. The standard InChI is InChI=1S/C12H16N2O4.C12H18N2O2/c1-12(2,3)18-11(15)13(4)9-5-7-10(8-6-9)14(16)17;1-12(2,3)16-11(15)14(4)10-7-5-9(13)6-8-10/h5-8H,1-4H3;5-8H,13H2,1-4H3. The number of rotatable bonds is 3. The summed E-state index contributed by atoms with van der Waals surface area (Å²) in [7, 11) is 3.22. The number of nitrogens with two attached hydrogens (primary N) is 1. The highest BCUT2D eigenvalue weighted by Gasteiger charge is 2.21. The van der Waals surface area contributed by atoms with Crippen molar-refractivity contribution in [2.24, 2.45) is 0 Å². The first-order valence-electron chi connectivity index (χ1n) is 10.5. The zero-order valence-corrected chi connectivity index (χ0v) is 21.0. The van der Waals surface area contributed by atoms with Gasteiger partial charge < -0.3 is 15.2 Å². The first kappa shape index (κ1) is 28.2. The van der Waals surface area contributed by atoms with E-state index in [4.69, 9.17) is 15.2 Å². The molecule has 0 radical (unpaired) electrons. The lowest BCUT2D eigenvalue weighted by Gasteiger charge is -2.24. The summed E-state index contributed by atoms with van der Waals surface area (Å²) in [6.45, 7) is 10.8. The Kier molecular flexibility index (Phi) is 9.42. The summed E-state index contributed by atoms with van der Waals surface area (Å²) < 4.78 is 10.4. The number of nitro benzene ring substituents is 1. The molecule has 2 aromatic carbocycles. The second-order valence-electron chi connectivity index (χ2n) is 9.44. The molecule has 2 rings (SSSR count). The summed E-state index contributed by atoms with van der Waals surface area (Å²) in [5.41, 5.74) is 6.45. The van der Waals surface area contributed by atoms with E-state index >= 15 is 0 Å². The Balaban J connectivity index is 0.000000342. The van der Waals surface area contributed by atoms with Gasteiger partial charge in [-0.2, -0.15) is 0 Å². The van der Waals surface area contributed by atoms with Crippen molar-refractivity contribution in [1.29, 1.82) is 0 Å². The maximum atomic E-state index is 11.7. The van der Waals surface area contributed by atoms with Crippen LogP contribution in [0.15, 0.2) is 48.5 Å². The molecule has 0 heterocycles. The van der Waals surface area contributed by atoms with Gasteiger partial charge in [-0.05, 0) is 77.9 Å². The van der Waals surface area contributed by atoms with E-state index in [1.807, 2.05) is 20.8 Å². The second kappa shape index (κ2) is 11.4. The number of amides is 2. The van der Waals surface area contributed by atoms with Gasteiger partial charge in [-0.15, -0.1) is 0 Å². The van der Waals surface area contributed by atoms with Gasteiger partial charge in [-0.25, -0.2) is 9.59 Å². The zero-order chi connectivity index (χ0) is 26.3. The van der Waals surface area contributed by atoms with Crippen LogP contribution in [0.3, 0.4) is 0 Å². The Morgan fingerprint density at radius 1 is 0.765 bits per heavy atom. The van der Waals surface area contributed by atoms with Crippen LogP contribution < -0.4 is 15.5 Å². The molecule has 10 nitrogen and oxygen atoms in total. The number of ether oxygens (including phenoxy) is 2. The fourth-order valence-corrected chi connectivity index (χ4v) is 2.37. The molecular formula is C24H34N4O6. The first-order chi connectivity index (χ1) is 15.5. The average molecular weight is 475 g/mol. The van der Waals surface area contributed by atoms with E-state index in [1.54, 1.807) is 59.1 Å². The molecule has 10 heteroatoms. The molecule has 0 atom stereocenters. The molecule has 0 aromatic heterocycles. The molecule has 0 bridgehead atoms. The molecule has 0 aliphatic rings. The van der Waals surface area contributed by atoms with Crippen LogP contribution in [0.1, 0.15) is 41.5 Å². The Morgan fingerprint density at radius 3 is 1.38 bits per heavy atom. The SMILES string of the molecule is CN(C(=O)OC(C)(C)C)c1ccc(N)cc1.CN(C(=O)OC(C)(C)C)c1ccc([N+](=O)[O-])cc1. The highest BCUT2D eigenvalue weighted by atomic mass is 16.6. The lowest BCUT2D eigenvalue weighted by molar-refractivity contribution is -0.384.